The summed E-state index contributed by atoms with van der Waals surface area (Å²) in [5, 5.41) is 3.69. The topological polar surface area (TPSA) is 54.9 Å². The summed E-state index contributed by atoms with van der Waals surface area (Å²) in [4.78, 5) is 20.1. The third-order valence-electron chi connectivity index (χ3n) is 2.20. The first-order valence-corrected chi connectivity index (χ1v) is 6.91. The molecule has 17 heavy (non-hydrogen) atoms. The number of rotatable bonds is 5. The van der Waals surface area contributed by atoms with Crippen LogP contribution in [0.1, 0.15) is 37.7 Å². The van der Waals surface area contributed by atoms with Crippen LogP contribution in [-0.2, 0) is 0 Å². The summed E-state index contributed by atoms with van der Waals surface area (Å²) in [6.07, 6.45) is 2.34. The number of halogens is 1. The van der Waals surface area contributed by atoms with E-state index in [-0.39, 0.29) is 22.7 Å². The lowest BCUT2D eigenvalue weighted by Crippen LogP contribution is -2.32. The van der Waals surface area contributed by atoms with Gasteiger partial charge in [0.1, 0.15) is 0 Å². The molecule has 6 heteroatoms. The minimum absolute atomic E-state index is 0.107. The lowest BCUT2D eigenvalue weighted by molar-refractivity contribution is 0.0933. The highest BCUT2D eigenvalue weighted by molar-refractivity contribution is 7.99. The van der Waals surface area contributed by atoms with Crippen molar-refractivity contribution in [2.75, 3.05) is 5.75 Å². The summed E-state index contributed by atoms with van der Waals surface area (Å²) in [5.41, 5.74) is 0.248. The molecule has 0 aliphatic carbocycles. The maximum absolute atomic E-state index is 11.9. The first-order chi connectivity index (χ1) is 8.08. The highest BCUT2D eigenvalue weighted by Gasteiger charge is 2.15. The first-order valence-electron chi connectivity index (χ1n) is 5.54. The molecular weight excluding hydrogens is 258 g/mol. The summed E-state index contributed by atoms with van der Waals surface area (Å²) < 4.78 is 0. The van der Waals surface area contributed by atoms with Gasteiger partial charge in [-0.05, 0) is 19.1 Å². The van der Waals surface area contributed by atoms with Gasteiger partial charge in [-0.2, -0.15) is 0 Å². The van der Waals surface area contributed by atoms with E-state index in [1.807, 2.05) is 20.8 Å². The molecule has 0 saturated heterocycles. The normalized spacial score (nSPS) is 12.2. The Morgan fingerprint density at radius 3 is 2.88 bits per heavy atom. The van der Waals surface area contributed by atoms with Crippen LogP contribution in [0.25, 0.3) is 0 Å². The van der Waals surface area contributed by atoms with Crippen molar-refractivity contribution in [3.8, 4) is 0 Å². The van der Waals surface area contributed by atoms with Crippen LogP contribution in [0.5, 0.6) is 0 Å². The number of carbonyl (C=O) groups excluding carboxylic acids is 1. The van der Waals surface area contributed by atoms with E-state index in [0.29, 0.717) is 5.16 Å². The Labute approximate surface area is 111 Å². The van der Waals surface area contributed by atoms with Gasteiger partial charge in [-0.15, -0.1) is 0 Å². The summed E-state index contributed by atoms with van der Waals surface area (Å²) >= 11 is 7.40. The van der Waals surface area contributed by atoms with Crippen LogP contribution in [0.15, 0.2) is 11.4 Å². The monoisotopic (exact) mass is 273 g/mol. The van der Waals surface area contributed by atoms with Gasteiger partial charge in [0.15, 0.2) is 10.9 Å². The zero-order chi connectivity index (χ0) is 12.8. The molecule has 1 rings (SSSR count). The van der Waals surface area contributed by atoms with Gasteiger partial charge in [0.2, 0.25) is 0 Å². The molecule has 1 aromatic rings. The van der Waals surface area contributed by atoms with Crippen molar-refractivity contribution in [1.82, 2.24) is 15.3 Å². The van der Waals surface area contributed by atoms with E-state index in [0.717, 1.165) is 12.2 Å². The lowest BCUT2D eigenvalue weighted by atomic mass is 10.2. The molecule has 0 saturated carbocycles. The minimum atomic E-state index is -0.246. The minimum Gasteiger partial charge on any atom is -0.348 e. The van der Waals surface area contributed by atoms with Crippen molar-refractivity contribution >= 4 is 29.3 Å². The van der Waals surface area contributed by atoms with Crippen molar-refractivity contribution < 1.29 is 4.79 Å². The molecule has 1 amide bonds. The van der Waals surface area contributed by atoms with Crippen LogP contribution in [-0.4, -0.2) is 27.7 Å². The molecule has 0 aliphatic heterocycles. The number of nitrogens with one attached hydrogen (secondary N) is 1. The second-order valence-corrected chi connectivity index (χ2v) is 5.20. The molecule has 4 nitrogen and oxygen atoms in total. The molecule has 94 valence electrons. The fraction of sp³-hybridized carbons (Fsp3) is 0.545. The average Bonchev–Trinajstić information content (AvgIpc) is 2.31. The van der Waals surface area contributed by atoms with E-state index in [9.17, 15) is 4.79 Å². The molecule has 0 radical (unpaired) electrons. The number of thioether (sulfide) groups is 1. The molecule has 1 N–H and O–H groups in total. The third-order valence-corrected chi connectivity index (χ3v) is 3.22. The number of hydrogen-bond donors (Lipinski definition) is 1. The molecule has 1 heterocycles. The van der Waals surface area contributed by atoms with E-state index >= 15 is 0 Å². The Bertz CT molecular complexity index is 400. The van der Waals surface area contributed by atoms with Gasteiger partial charge >= 0.3 is 0 Å². The van der Waals surface area contributed by atoms with Crippen LogP contribution >= 0.6 is 23.4 Å². The second kappa shape index (κ2) is 6.81. The zero-order valence-electron chi connectivity index (χ0n) is 10.2. The highest BCUT2D eigenvalue weighted by atomic mass is 35.5. The molecule has 1 aromatic heterocycles. The van der Waals surface area contributed by atoms with Crippen LogP contribution < -0.4 is 5.32 Å². The molecular formula is C11H16ClN3OS. The Morgan fingerprint density at radius 2 is 2.29 bits per heavy atom. The Balaban J connectivity index is 2.87. The number of amides is 1. The number of hydrogen-bond acceptors (Lipinski definition) is 4. The third kappa shape index (κ3) is 4.16. The summed E-state index contributed by atoms with van der Waals surface area (Å²) in [7, 11) is 0. The largest absolute Gasteiger partial charge is 0.348 e. The smallest absolute Gasteiger partial charge is 0.271 e. The Hall–Kier alpha value is -0.810. The molecule has 1 atom stereocenters. The van der Waals surface area contributed by atoms with Gasteiger partial charge in [0, 0.05) is 6.04 Å². The van der Waals surface area contributed by atoms with Crippen molar-refractivity contribution in [2.24, 2.45) is 0 Å². The van der Waals surface area contributed by atoms with Crippen molar-refractivity contribution in [1.29, 1.82) is 0 Å². The van der Waals surface area contributed by atoms with Crippen molar-refractivity contribution in [3.63, 3.8) is 0 Å². The molecule has 0 bridgehead atoms. The molecule has 0 spiro atoms. The van der Waals surface area contributed by atoms with Gasteiger partial charge in [0.25, 0.3) is 5.91 Å². The number of carbonyl (C=O) groups is 1. The average molecular weight is 274 g/mol. The van der Waals surface area contributed by atoms with Gasteiger partial charge in [-0.3, -0.25) is 4.79 Å². The second-order valence-electron chi connectivity index (χ2n) is 3.56. The number of nitrogens with zero attached hydrogens (tertiary/aromatic N) is 2. The van der Waals surface area contributed by atoms with Crippen LogP contribution in [0.2, 0.25) is 5.02 Å². The van der Waals surface area contributed by atoms with Crippen LogP contribution in [0.4, 0.5) is 0 Å². The highest BCUT2D eigenvalue weighted by Crippen LogP contribution is 2.18. The summed E-state index contributed by atoms with van der Waals surface area (Å²) in [6, 6.07) is 0.107. The lowest BCUT2D eigenvalue weighted by Gasteiger charge is -2.11. The maximum atomic E-state index is 11.9. The van der Waals surface area contributed by atoms with Crippen LogP contribution in [0.3, 0.4) is 0 Å². The van der Waals surface area contributed by atoms with Gasteiger partial charge in [0.05, 0.1) is 11.2 Å². The van der Waals surface area contributed by atoms with Gasteiger partial charge in [-0.1, -0.05) is 37.2 Å². The fourth-order valence-corrected chi connectivity index (χ4v) is 1.82. The molecule has 0 aromatic carbocycles. The predicted molar refractivity (Wildman–Crippen MR) is 70.7 cm³/mol. The van der Waals surface area contributed by atoms with E-state index in [1.165, 1.54) is 18.0 Å². The quantitative estimate of drug-likeness (QED) is 0.662. The molecule has 0 aliphatic rings. The maximum Gasteiger partial charge on any atom is 0.271 e. The standard InChI is InChI=1S/C11H16ClN3OS/c1-4-7(3)14-10(16)9-8(12)6-13-11(15-9)17-5-2/h6-7H,4-5H2,1-3H3,(H,14,16)/t7-/m0/s1. The van der Waals surface area contributed by atoms with E-state index in [2.05, 4.69) is 15.3 Å². The molecule has 0 fully saturated rings. The van der Waals surface area contributed by atoms with Crippen LogP contribution in [0, 0.1) is 0 Å². The van der Waals surface area contributed by atoms with E-state index < -0.39 is 0 Å². The summed E-state index contributed by atoms with van der Waals surface area (Å²) in [5.74, 6) is 0.610. The summed E-state index contributed by atoms with van der Waals surface area (Å²) in [6.45, 7) is 5.95. The number of aromatic nitrogens is 2. The van der Waals surface area contributed by atoms with E-state index in [1.54, 1.807) is 0 Å². The molecule has 0 unspecified atom stereocenters. The Kier molecular flexibility index (Phi) is 5.71. The van der Waals surface area contributed by atoms with Crippen molar-refractivity contribution in [3.05, 3.63) is 16.9 Å². The fourth-order valence-electron chi connectivity index (χ4n) is 1.10. The SMILES string of the molecule is CCSc1ncc(Cl)c(C(=O)N[C@@H](C)CC)n1. The van der Waals surface area contributed by atoms with Crippen molar-refractivity contribution in [2.45, 2.75) is 38.4 Å². The van der Waals surface area contributed by atoms with Gasteiger partial charge < -0.3 is 5.32 Å². The Morgan fingerprint density at radius 1 is 1.59 bits per heavy atom. The first kappa shape index (κ1) is 14.3. The zero-order valence-corrected chi connectivity index (χ0v) is 11.7. The van der Waals surface area contributed by atoms with Gasteiger partial charge in [-0.25, -0.2) is 9.97 Å². The van der Waals surface area contributed by atoms with E-state index in [4.69, 9.17) is 11.6 Å². The predicted octanol–water partition coefficient (Wildman–Crippen LogP) is 2.77.